The Hall–Kier alpha value is -4.44. The highest BCUT2D eigenvalue weighted by atomic mass is 32.2. The summed E-state index contributed by atoms with van der Waals surface area (Å²) in [7, 11) is -3.90. The molecule has 4 aromatic rings. The Balaban J connectivity index is 1.37. The van der Waals surface area contributed by atoms with Crippen molar-refractivity contribution in [3.63, 3.8) is 0 Å². The average molecular weight is 519 g/mol. The summed E-state index contributed by atoms with van der Waals surface area (Å²) in [5.41, 5.74) is 2.70. The highest BCUT2D eigenvalue weighted by Crippen LogP contribution is 2.22. The van der Waals surface area contributed by atoms with E-state index < -0.39 is 15.9 Å². The first-order valence-corrected chi connectivity index (χ1v) is 12.9. The molecule has 190 valence electrons. The molecule has 0 unspecified atom stereocenters. The molecule has 0 radical (unpaired) electrons. The topological polar surface area (TPSA) is 123 Å². The lowest BCUT2D eigenvalue weighted by Gasteiger charge is -2.09. The molecule has 0 spiro atoms. The summed E-state index contributed by atoms with van der Waals surface area (Å²) < 4.78 is 39.2. The number of nitrogens with one attached hydrogen (secondary N) is 2. The number of benzene rings is 2. The van der Waals surface area contributed by atoms with E-state index in [1.165, 1.54) is 24.3 Å². The molecule has 0 saturated carbocycles. The minimum absolute atomic E-state index is 0.00225. The number of allylic oxidation sites excluding steroid dienone is 1. The predicted molar refractivity (Wildman–Crippen MR) is 140 cm³/mol. The zero-order chi connectivity index (χ0) is 26.4. The van der Waals surface area contributed by atoms with Gasteiger partial charge in [-0.2, -0.15) is 0 Å². The van der Waals surface area contributed by atoms with Gasteiger partial charge in [0.1, 0.15) is 18.1 Å². The molecule has 0 aliphatic carbocycles. The maximum atomic E-state index is 12.7. The van der Waals surface area contributed by atoms with E-state index in [4.69, 9.17) is 9.15 Å². The van der Waals surface area contributed by atoms with Crippen LogP contribution >= 0.6 is 0 Å². The first kappa shape index (κ1) is 25.6. The van der Waals surface area contributed by atoms with Gasteiger partial charge in [0.2, 0.25) is 5.95 Å². The number of anilines is 2. The van der Waals surface area contributed by atoms with Crippen molar-refractivity contribution in [2.45, 2.75) is 31.8 Å². The van der Waals surface area contributed by atoms with Gasteiger partial charge in [0.25, 0.3) is 15.9 Å². The minimum Gasteiger partial charge on any atom is -0.485 e. The third-order valence-electron chi connectivity index (χ3n) is 5.22. The van der Waals surface area contributed by atoms with Crippen LogP contribution < -0.4 is 14.8 Å². The van der Waals surface area contributed by atoms with E-state index in [1.807, 2.05) is 24.3 Å². The number of amides is 1. The predicted octanol–water partition coefficient (Wildman–Crippen LogP) is 5.05. The molecule has 2 N–H and O–H groups in total. The van der Waals surface area contributed by atoms with Crippen molar-refractivity contribution in [2.24, 2.45) is 0 Å². The zero-order valence-electron chi connectivity index (χ0n) is 20.4. The van der Waals surface area contributed by atoms with Crippen LogP contribution in [0, 0.1) is 13.8 Å². The Morgan fingerprint density at radius 1 is 1.03 bits per heavy atom. The van der Waals surface area contributed by atoms with E-state index in [9.17, 15) is 13.2 Å². The first-order chi connectivity index (χ1) is 17.7. The van der Waals surface area contributed by atoms with Crippen molar-refractivity contribution < 1.29 is 22.4 Å². The smallest absolute Gasteiger partial charge is 0.291 e. The number of nitrogens with zero attached hydrogens (tertiary/aromatic N) is 2. The van der Waals surface area contributed by atoms with Crippen LogP contribution in [-0.4, -0.2) is 24.3 Å². The van der Waals surface area contributed by atoms with Crippen LogP contribution in [-0.2, 0) is 23.1 Å². The standard InChI is InChI=1S/C27H26N4O5S/c1-4-7-20-8-5-6-9-24(20)35-17-22-12-15-25(36-22)26(32)30-21-10-13-23(14-11-21)37(33,34)31-27-28-18(2)16-19(3)29-27/h4-6,8-16H,1,7,17H2,2-3H3,(H,30,32)(H,28,29,31). The zero-order valence-corrected chi connectivity index (χ0v) is 21.2. The van der Waals surface area contributed by atoms with E-state index in [0.29, 0.717) is 29.3 Å². The summed E-state index contributed by atoms with van der Waals surface area (Å²) in [6.45, 7) is 7.42. The van der Waals surface area contributed by atoms with Crippen LogP contribution in [0.1, 0.15) is 33.3 Å². The summed E-state index contributed by atoms with van der Waals surface area (Å²) >= 11 is 0. The molecule has 9 nitrogen and oxygen atoms in total. The Morgan fingerprint density at radius 3 is 2.43 bits per heavy atom. The molecule has 2 aromatic heterocycles. The second-order valence-corrected chi connectivity index (χ2v) is 9.90. The summed E-state index contributed by atoms with van der Waals surface area (Å²) in [4.78, 5) is 20.8. The van der Waals surface area contributed by atoms with Gasteiger partial charge in [-0.05, 0) is 74.4 Å². The molecule has 0 bridgehead atoms. The lowest BCUT2D eigenvalue weighted by atomic mass is 10.1. The maximum Gasteiger partial charge on any atom is 0.291 e. The van der Waals surface area contributed by atoms with Gasteiger partial charge < -0.3 is 14.5 Å². The molecule has 2 aromatic carbocycles. The number of furan rings is 1. The first-order valence-electron chi connectivity index (χ1n) is 11.4. The molecule has 0 aliphatic rings. The normalized spacial score (nSPS) is 11.1. The number of hydrogen-bond acceptors (Lipinski definition) is 7. The monoisotopic (exact) mass is 518 g/mol. The number of rotatable bonds is 10. The number of carbonyl (C=O) groups is 1. The van der Waals surface area contributed by atoms with Gasteiger partial charge in [-0.15, -0.1) is 6.58 Å². The van der Waals surface area contributed by atoms with Crippen molar-refractivity contribution in [3.05, 3.63) is 108 Å². The summed E-state index contributed by atoms with van der Waals surface area (Å²) in [6, 6.07) is 18.3. The number of aromatic nitrogens is 2. The molecule has 0 atom stereocenters. The van der Waals surface area contributed by atoms with Crippen LogP contribution in [0.2, 0.25) is 0 Å². The van der Waals surface area contributed by atoms with Gasteiger partial charge in [-0.25, -0.2) is 23.1 Å². The van der Waals surface area contributed by atoms with Gasteiger partial charge in [-0.1, -0.05) is 24.3 Å². The molecule has 0 fully saturated rings. The van der Waals surface area contributed by atoms with Crippen LogP contribution in [0.5, 0.6) is 5.75 Å². The highest BCUT2D eigenvalue weighted by Gasteiger charge is 2.17. The van der Waals surface area contributed by atoms with E-state index >= 15 is 0 Å². The molecular weight excluding hydrogens is 492 g/mol. The number of para-hydroxylation sites is 1. The molecule has 2 heterocycles. The van der Waals surface area contributed by atoms with Crippen LogP contribution in [0.4, 0.5) is 11.6 Å². The van der Waals surface area contributed by atoms with Crippen molar-refractivity contribution >= 4 is 27.6 Å². The van der Waals surface area contributed by atoms with Crippen molar-refractivity contribution in [1.29, 1.82) is 0 Å². The summed E-state index contributed by atoms with van der Waals surface area (Å²) in [6.07, 6.45) is 2.48. The van der Waals surface area contributed by atoms with Crippen molar-refractivity contribution in [2.75, 3.05) is 10.0 Å². The molecule has 0 saturated heterocycles. The largest absolute Gasteiger partial charge is 0.485 e. The molecule has 1 amide bonds. The summed E-state index contributed by atoms with van der Waals surface area (Å²) in [5, 5.41) is 2.69. The van der Waals surface area contributed by atoms with Gasteiger partial charge in [0.15, 0.2) is 5.76 Å². The Morgan fingerprint density at radius 2 is 1.73 bits per heavy atom. The van der Waals surface area contributed by atoms with Crippen molar-refractivity contribution in [1.82, 2.24) is 9.97 Å². The third kappa shape index (κ3) is 6.62. The fourth-order valence-corrected chi connectivity index (χ4v) is 4.50. The third-order valence-corrected chi connectivity index (χ3v) is 6.57. The van der Waals surface area contributed by atoms with E-state index in [-0.39, 0.29) is 23.2 Å². The lowest BCUT2D eigenvalue weighted by Crippen LogP contribution is -2.16. The van der Waals surface area contributed by atoms with Crippen molar-refractivity contribution in [3.8, 4) is 5.75 Å². The number of carbonyl (C=O) groups excluding carboxylic acids is 1. The van der Waals surface area contributed by atoms with Crippen LogP contribution in [0.25, 0.3) is 0 Å². The minimum atomic E-state index is -3.90. The Bertz CT molecular complexity index is 1510. The van der Waals surface area contributed by atoms with E-state index in [2.05, 4.69) is 26.6 Å². The fraction of sp³-hybridized carbons (Fsp3) is 0.148. The van der Waals surface area contributed by atoms with Gasteiger partial charge in [-0.3, -0.25) is 4.79 Å². The average Bonchev–Trinajstić information content (AvgIpc) is 3.32. The number of aryl methyl sites for hydroxylation is 2. The lowest BCUT2D eigenvalue weighted by molar-refractivity contribution is 0.0992. The Kier molecular flexibility index (Phi) is 7.69. The maximum absolute atomic E-state index is 12.7. The molecule has 10 heteroatoms. The van der Waals surface area contributed by atoms with Crippen LogP contribution in [0.15, 0.2) is 88.7 Å². The fourth-order valence-electron chi connectivity index (χ4n) is 3.56. The molecule has 37 heavy (non-hydrogen) atoms. The van der Waals surface area contributed by atoms with Gasteiger partial charge in [0.05, 0.1) is 4.90 Å². The number of ether oxygens (including phenoxy) is 1. The second-order valence-electron chi connectivity index (χ2n) is 8.21. The number of sulfonamides is 1. The van der Waals surface area contributed by atoms with Gasteiger partial charge >= 0.3 is 0 Å². The molecule has 4 rings (SSSR count). The summed E-state index contributed by atoms with van der Waals surface area (Å²) in [5.74, 6) is 0.828. The van der Waals surface area contributed by atoms with E-state index in [1.54, 1.807) is 38.1 Å². The molecular formula is C27H26N4O5S. The van der Waals surface area contributed by atoms with Crippen LogP contribution in [0.3, 0.4) is 0 Å². The quantitative estimate of drug-likeness (QED) is 0.282. The van der Waals surface area contributed by atoms with E-state index in [0.717, 1.165) is 11.3 Å². The highest BCUT2D eigenvalue weighted by molar-refractivity contribution is 7.92. The molecule has 0 aliphatic heterocycles. The second kappa shape index (κ2) is 11.1. The Labute approximate surface area is 215 Å². The number of hydrogen-bond donors (Lipinski definition) is 2. The van der Waals surface area contributed by atoms with Gasteiger partial charge in [0, 0.05) is 17.1 Å². The SMILES string of the molecule is C=CCc1ccccc1OCc1ccc(C(=O)Nc2ccc(S(=O)(=O)Nc3nc(C)cc(C)n3)cc2)o1.